The highest BCUT2D eigenvalue weighted by Gasteiger charge is 2.35. The highest BCUT2D eigenvalue weighted by atomic mass is 32.1. The Bertz CT molecular complexity index is 2730. The maximum absolute atomic E-state index is 2.53. The Morgan fingerprint density at radius 1 is 0.426 bits per heavy atom. The van der Waals surface area contributed by atoms with E-state index in [-0.39, 0.29) is 5.41 Å². The molecule has 0 bridgehead atoms. The molecule has 2 heteroatoms. The van der Waals surface area contributed by atoms with Crippen molar-refractivity contribution in [3.8, 4) is 11.1 Å². The largest absolute Gasteiger partial charge is 0.308 e. The number of hydrogen-bond acceptors (Lipinski definition) is 2. The molecule has 0 radical (unpaired) electrons. The first-order valence-electron chi connectivity index (χ1n) is 16.4. The van der Waals surface area contributed by atoms with Crippen LogP contribution >= 0.6 is 11.3 Å². The van der Waals surface area contributed by atoms with Crippen molar-refractivity contribution in [2.24, 2.45) is 0 Å². The predicted octanol–water partition coefficient (Wildman–Crippen LogP) is 13.3. The van der Waals surface area contributed by atoms with Crippen molar-refractivity contribution in [3.05, 3.63) is 163 Å². The average Bonchev–Trinajstić information content (AvgIpc) is 3.62. The number of nitrogens with zero attached hydrogens (tertiary/aromatic N) is 1. The van der Waals surface area contributed by atoms with Crippen LogP contribution in [0.5, 0.6) is 0 Å². The van der Waals surface area contributed by atoms with Crippen LogP contribution in [-0.2, 0) is 5.41 Å². The third kappa shape index (κ3) is 3.77. The van der Waals surface area contributed by atoms with Gasteiger partial charge in [-0.15, -0.1) is 11.3 Å². The molecule has 1 aromatic heterocycles. The molecule has 0 unspecified atom stereocenters. The summed E-state index contributed by atoms with van der Waals surface area (Å²) in [6, 6.07) is 56.4. The van der Waals surface area contributed by atoms with E-state index in [9.17, 15) is 0 Å². The van der Waals surface area contributed by atoms with Crippen LogP contribution in [0.15, 0.2) is 152 Å². The summed E-state index contributed by atoms with van der Waals surface area (Å²) in [6.45, 7) is 4.71. The molecule has 10 rings (SSSR count). The molecule has 0 amide bonds. The molecule has 1 nitrogen and oxygen atoms in total. The van der Waals surface area contributed by atoms with Crippen molar-refractivity contribution < 1.29 is 0 Å². The first-order chi connectivity index (χ1) is 23.1. The minimum absolute atomic E-state index is 0.0442. The van der Waals surface area contributed by atoms with Gasteiger partial charge in [-0.05, 0) is 73.5 Å². The topological polar surface area (TPSA) is 3.24 Å². The van der Waals surface area contributed by atoms with Gasteiger partial charge in [0, 0.05) is 32.0 Å². The Balaban J connectivity index is 1.32. The van der Waals surface area contributed by atoms with Gasteiger partial charge in [0.2, 0.25) is 0 Å². The van der Waals surface area contributed by atoms with E-state index in [2.05, 4.69) is 170 Å². The first kappa shape index (κ1) is 26.7. The summed E-state index contributed by atoms with van der Waals surface area (Å²) in [6.07, 6.45) is 0. The molecule has 1 aliphatic rings. The highest BCUT2D eigenvalue weighted by molar-refractivity contribution is 7.27. The summed E-state index contributed by atoms with van der Waals surface area (Å²) in [7, 11) is 0. The number of anilines is 3. The summed E-state index contributed by atoms with van der Waals surface area (Å²) >= 11 is 1.92. The van der Waals surface area contributed by atoms with Gasteiger partial charge in [-0.25, -0.2) is 0 Å². The minimum atomic E-state index is -0.0442. The molecule has 1 aliphatic carbocycles. The number of fused-ring (bicyclic) bond motifs is 11. The Kier molecular flexibility index (Phi) is 5.57. The zero-order valence-corrected chi connectivity index (χ0v) is 27.1. The van der Waals surface area contributed by atoms with Crippen molar-refractivity contribution >= 4 is 80.9 Å². The van der Waals surface area contributed by atoms with E-state index in [1.165, 1.54) is 91.8 Å². The monoisotopic (exact) mass is 617 g/mol. The third-order valence-electron chi connectivity index (χ3n) is 10.4. The maximum atomic E-state index is 2.53. The van der Waals surface area contributed by atoms with E-state index < -0.39 is 0 Å². The summed E-state index contributed by atoms with van der Waals surface area (Å²) in [4.78, 5) is 2.53. The van der Waals surface area contributed by atoms with Gasteiger partial charge >= 0.3 is 0 Å². The third-order valence-corrected chi connectivity index (χ3v) is 11.7. The van der Waals surface area contributed by atoms with Gasteiger partial charge < -0.3 is 4.90 Å². The van der Waals surface area contributed by atoms with Gasteiger partial charge in [0.25, 0.3) is 0 Å². The van der Waals surface area contributed by atoms with Crippen molar-refractivity contribution in [2.45, 2.75) is 19.3 Å². The molecule has 0 saturated heterocycles. The minimum Gasteiger partial charge on any atom is -0.308 e. The van der Waals surface area contributed by atoms with E-state index in [0.717, 1.165) is 0 Å². The molecule has 0 N–H and O–H groups in total. The lowest BCUT2D eigenvalue weighted by atomic mass is 9.82. The lowest BCUT2D eigenvalue weighted by Crippen LogP contribution is -2.15. The first-order valence-corrected chi connectivity index (χ1v) is 17.2. The van der Waals surface area contributed by atoms with E-state index >= 15 is 0 Å². The quantitative estimate of drug-likeness (QED) is 0.178. The second-order valence-electron chi connectivity index (χ2n) is 13.3. The molecular weight excluding hydrogens is 587 g/mol. The standard InChI is InChI=1S/C45H31NS/c1-45(2)39-20-10-9-17-34(39)38-27-30(23-25-40(38)45)46(42-26-29-13-4-5-14-31(29)33-16-7-8-18-35(33)42)41-21-11-19-36-37-24-22-28-12-3-6-15-32(28)43(37)47-44(36)41/h3-27H,1-2H3. The number of thiophene rings is 1. The fraction of sp³-hybridized carbons (Fsp3) is 0.0667. The van der Waals surface area contributed by atoms with Crippen LogP contribution in [0.25, 0.3) is 63.6 Å². The van der Waals surface area contributed by atoms with Crippen LogP contribution in [0.2, 0.25) is 0 Å². The number of rotatable bonds is 3. The fourth-order valence-electron chi connectivity index (χ4n) is 8.16. The van der Waals surface area contributed by atoms with Gasteiger partial charge in [-0.1, -0.05) is 141 Å². The second-order valence-corrected chi connectivity index (χ2v) is 14.3. The summed E-state index contributed by atoms with van der Waals surface area (Å²) < 4.78 is 2.65. The van der Waals surface area contributed by atoms with Gasteiger partial charge in [-0.3, -0.25) is 0 Å². The molecule has 1 heterocycles. The molecule has 0 atom stereocenters. The smallest absolute Gasteiger partial charge is 0.0640 e. The average molecular weight is 618 g/mol. The summed E-state index contributed by atoms with van der Waals surface area (Å²) in [5, 5.41) is 10.3. The van der Waals surface area contributed by atoms with Gasteiger partial charge in [0.15, 0.2) is 0 Å². The number of benzene rings is 8. The molecule has 0 saturated carbocycles. The van der Waals surface area contributed by atoms with Crippen LogP contribution in [0, 0.1) is 0 Å². The lowest BCUT2D eigenvalue weighted by molar-refractivity contribution is 0.660. The summed E-state index contributed by atoms with van der Waals surface area (Å²) in [5.41, 5.74) is 8.98. The molecule has 9 aromatic rings. The van der Waals surface area contributed by atoms with Crippen molar-refractivity contribution in [3.63, 3.8) is 0 Å². The zero-order chi connectivity index (χ0) is 31.3. The molecule has 0 aliphatic heterocycles. The Morgan fingerprint density at radius 2 is 1.09 bits per heavy atom. The van der Waals surface area contributed by atoms with Gasteiger partial charge in [0.1, 0.15) is 0 Å². The second kappa shape index (κ2) is 9.78. The van der Waals surface area contributed by atoms with Gasteiger partial charge in [-0.2, -0.15) is 0 Å². The molecular formula is C45H31NS. The Morgan fingerprint density at radius 3 is 1.96 bits per heavy atom. The van der Waals surface area contributed by atoms with Crippen molar-refractivity contribution in [1.29, 1.82) is 0 Å². The SMILES string of the molecule is CC1(C)c2ccccc2-c2cc(N(c3cc4ccccc4c4ccccc34)c3cccc4c3sc3c5ccccc5ccc43)ccc21. The normalized spacial score (nSPS) is 13.5. The van der Waals surface area contributed by atoms with Gasteiger partial charge in [0.05, 0.1) is 16.1 Å². The van der Waals surface area contributed by atoms with Crippen molar-refractivity contribution in [2.75, 3.05) is 4.90 Å². The molecule has 222 valence electrons. The maximum Gasteiger partial charge on any atom is 0.0640 e. The molecule has 0 fully saturated rings. The Hall–Kier alpha value is -5.44. The predicted molar refractivity (Wildman–Crippen MR) is 204 cm³/mol. The van der Waals surface area contributed by atoms with E-state index in [1.54, 1.807) is 0 Å². The van der Waals surface area contributed by atoms with Crippen molar-refractivity contribution in [1.82, 2.24) is 0 Å². The van der Waals surface area contributed by atoms with Crippen LogP contribution in [0.3, 0.4) is 0 Å². The van der Waals surface area contributed by atoms with E-state index in [4.69, 9.17) is 0 Å². The zero-order valence-electron chi connectivity index (χ0n) is 26.3. The van der Waals surface area contributed by atoms with Crippen LogP contribution < -0.4 is 4.90 Å². The fourth-order valence-corrected chi connectivity index (χ4v) is 9.50. The molecule has 8 aromatic carbocycles. The Labute approximate surface area is 278 Å². The summed E-state index contributed by atoms with van der Waals surface area (Å²) in [5.74, 6) is 0. The molecule has 0 spiro atoms. The number of hydrogen-bond donors (Lipinski definition) is 0. The van der Waals surface area contributed by atoms with Crippen LogP contribution in [0.4, 0.5) is 17.1 Å². The lowest BCUT2D eigenvalue weighted by Gasteiger charge is -2.29. The highest BCUT2D eigenvalue weighted by Crippen LogP contribution is 2.53. The molecule has 47 heavy (non-hydrogen) atoms. The van der Waals surface area contributed by atoms with E-state index in [1.807, 2.05) is 11.3 Å². The van der Waals surface area contributed by atoms with Crippen LogP contribution in [-0.4, -0.2) is 0 Å². The van der Waals surface area contributed by atoms with Crippen LogP contribution in [0.1, 0.15) is 25.0 Å². The van der Waals surface area contributed by atoms with E-state index in [0.29, 0.717) is 0 Å².